The predicted molar refractivity (Wildman–Crippen MR) is 95.5 cm³/mol. The quantitative estimate of drug-likeness (QED) is 0.779. The molecule has 0 saturated carbocycles. The molecule has 3 nitrogen and oxygen atoms in total. The van der Waals surface area contributed by atoms with Crippen LogP contribution in [0.1, 0.15) is 42.2 Å². The molecule has 2 aromatic rings. The molecule has 0 unspecified atom stereocenters. The van der Waals surface area contributed by atoms with Crippen molar-refractivity contribution in [2.45, 2.75) is 38.3 Å². The molecule has 1 fully saturated rings. The molecule has 1 saturated heterocycles. The maximum Gasteiger partial charge on any atom is 0.123 e. The minimum atomic E-state index is 0.522. The zero-order valence-corrected chi connectivity index (χ0v) is 14.8. The summed E-state index contributed by atoms with van der Waals surface area (Å²) in [6, 6.07) is 11.0. The molecule has 0 spiro atoms. The van der Waals surface area contributed by atoms with Crippen LogP contribution < -0.4 is 9.47 Å². The number of nitrogens with zero attached hydrogens (tertiary/aromatic N) is 1. The summed E-state index contributed by atoms with van der Waals surface area (Å²) >= 11 is 1.87. The second-order valence-corrected chi connectivity index (χ2v) is 7.01. The van der Waals surface area contributed by atoms with Gasteiger partial charge >= 0.3 is 0 Å². The second-order valence-electron chi connectivity index (χ2n) is 6.03. The number of hydrogen-bond acceptors (Lipinski definition) is 4. The third-order valence-electron chi connectivity index (χ3n) is 4.60. The zero-order valence-electron chi connectivity index (χ0n) is 14.0. The minimum absolute atomic E-state index is 0.522. The van der Waals surface area contributed by atoms with E-state index in [4.69, 9.17) is 9.47 Å². The lowest BCUT2D eigenvalue weighted by molar-refractivity contribution is 0.192. The number of hydrogen-bond donors (Lipinski definition) is 0. The molecule has 3 rings (SSSR count). The van der Waals surface area contributed by atoms with Crippen LogP contribution in [0.2, 0.25) is 0 Å². The van der Waals surface area contributed by atoms with Crippen LogP contribution in [0.4, 0.5) is 0 Å². The van der Waals surface area contributed by atoms with Crippen LogP contribution in [0.3, 0.4) is 0 Å². The maximum absolute atomic E-state index is 5.56. The molecule has 0 amide bonds. The lowest BCUT2D eigenvalue weighted by Gasteiger charge is -2.30. The van der Waals surface area contributed by atoms with Crippen molar-refractivity contribution < 1.29 is 9.47 Å². The van der Waals surface area contributed by atoms with E-state index in [2.05, 4.69) is 28.5 Å². The normalized spacial score (nSPS) is 19.3. The van der Waals surface area contributed by atoms with Crippen molar-refractivity contribution >= 4 is 11.3 Å². The van der Waals surface area contributed by atoms with Crippen LogP contribution in [0.25, 0.3) is 0 Å². The molecule has 23 heavy (non-hydrogen) atoms. The van der Waals surface area contributed by atoms with Crippen LogP contribution in [-0.4, -0.2) is 25.7 Å². The van der Waals surface area contributed by atoms with Crippen molar-refractivity contribution in [1.82, 2.24) is 4.90 Å². The van der Waals surface area contributed by atoms with E-state index < -0.39 is 0 Å². The van der Waals surface area contributed by atoms with Gasteiger partial charge in [0.25, 0.3) is 0 Å². The number of thiophene rings is 1. The first-order valence-electron chi connectivity index (χ1n) is 8.30. The summed E-state index contributed by atoms with van der Waals surface area (Å²) in [7, 11) is 3.45. The summed E-state index contributed by atoms with van der Waals surface area (Å²) in [4.78, 5) is 4.09. The molecule has 0 aliphatic carbocycles. The molecule has 4 heteroatoms. The summed E-state index contributed by atoms with van der Waals surface area (Å²) in [6.07, 6.45) is 5.16. The van der Waals surface area contributed by atoms with Gasteiger partial charge in [0.15, 0.2) is 0 Å². The zero-order chi connectivity index (χ0) is 16.1. The van der Waals surface area contributed by atoms with Gasteiger partial charge in [0, 0.05) is 23.0 Å². The molecule has 1 aliphatic heterocycles. The van der Waals surface area contributed by atoms with Gasteiger partial charge in [0.05, 0.1) is 14.2 Å². The Bertz CT molecular complexity index is 612. The first kappa shape index (κ1) is 16.3. The molecule has 1 aromatic heterocycles. The summed E-state index contributed by atoms with van der Waals surface area (Å²) in [6.45, 7) is 2.05. The van der Waals surface area contributed by atoms with Crippen molar-refractivity contribution in [3.63, 3.8) is 0 Å². The fourth-order valence-electron chi connectivity index (χ4n) is 3.38. The van der Waals surface area contributed by atoms with Crippen molar-refractivity contribution in [2.75, 3.05) is 20.8 Å². The van der Waals surface area contributed by atoms with E-state index in [-0.39, 0.29) is 0 Å². The number of likely N-dealkylation sites (tertiary alicyclic amines) is 1. The molecule has 2 heterocycles. The van der Waals surface area contributed by atoms with E-state index in [1.807, 2.05) is 23.5 Å². The SMILES string of the molecule is COc1ccc(OC)c(CN2CCCCC[C@H]2c2cccs2)c1. The van der Waals surface area contributed by atoms with Gasteiger partial charge in [-0.3, -0.25) is 4.90 Å². The highest BCUT2D eigenvalue weighted by atomic mass is 32.1. The van der Waals surface area contributed by atoms with Gasteiger partial charge in [-0.25, -0.2) is 0 Å². The van der Waals surface area contributed by atoms with Crippen LogP contribution in [0.15, 0.2) is 35.7 Å². The van der Waals surface area contributed by atoms with Crippen molar-refractivity contribution in [3.8, 4) is 11.5 Å². The van der Waals surface area contributed by atoms with Crippen LogP contribution in [-0.2, 0) is 6.54 Å². The Kier molecular flexibility index (Phi) is 5.57. The van der Waals surface area contributed by atoms with Gasteiger partial charge < -0.3 is 9.47 Å². The summed E-state index contributed by atoms with van der Waals surface area (Å²) in [5.41, 5.74) is 1.20. The highest BCUT2D eigenvalue weighted by molar-refractivity contribution is 7.10. The smallest absolute Gasteiger partial charge is 0.123 e. The maximum atomic E-state index is 5.56. The minimum Gasteiger partial charge on any atom is -0.497 e. The van der Waals surface area contributed by atoms with Gasteiger partial charge in [-0.1, -0.05) is 18.9 Å². The van der Waals surface area contributed by atoms with Gasteiger partial charge in [-0.05, 0) is 49.0 Å². The highest BCUT2D eigenvalue weighted by Crippen LogP contribution is 2.35. The van der Waals surface area contributed by atoms with Crippen molar-refractivity contribution in [2.24, 2.45) is 0 Å². The van der Waals surface area contributed by atoms with E-state index >= 15 is 0 Å². The Hall–Kier alpha value is -1.52. The molecule has 1 aliphatic rings. The van der Waals surface area contributed by atoms with Gasteiger partial charge in [0.2, 0.25) is 0 Å². The average molecular weight is 331 g/mol. The molecular formula is C19H25NO2S. The second kappa shape index (κ2) is 7.84. The molecular weight excluding hydrogens is 306 g/mol. The molecule has 1 atom stereocenters. The lowest BCUT2D eigenvalue weighted by Crippen LogP contribution is -2.27. The topological polar surface area (TPSA) is 21.7 Å². The molecule has 0 radical (unpaired) electrons. The van der Waals surface area contributed by atoms with Crippen molar-refractivity contribution in [1.29, 1.82) is 0 Å². The summed E-state index contributed by atoms with van der Waals surface area (Å²) < 4.78 is 11.0. The molecule has 0 N–H and O–H groups in total. The molecule has 124 valence electrons. The average Bonchev–Trinajstić information content (AvgIpc) is 3.02. The number of methoxy groups -OCH3 is 2. The predicted octanol–water partition coefficient (Wildman–Crippen LogP) is 4.88. The Balaban J connectivity index is 1.86. The third kappa shape index (κ3) is 3.88. The first-order valence-corrected chi connectivity index (χ1v) is 9.18. The molecule has 1 aromatic carbocycles. The Labute approximate surface area is 142 Å². The van der Waals surface area contributed by atoms with Crippen LogP contribution in [0.5, 0.6) is 11.5 Å². The molecule has 0 bridgehead atoms. The first-order chi connectivity index (χ1) is 11.3. The van der Waals surface area contributed by atoms with E-state index in [9.17, 15) is 0 Å². The van der Waals surface area contributed by atoms with E-state index in [0.29, 0.717) is 6.04 Å². The number of benzene rings is 1. The number of ether oxygens (including phenoxy) is 2. The summed E-state index contributed by atoms with van der Waals surface area (Å²) in [5, 5.41) is 2.19. The number of rotatable bonds is 5. The third-order valence-corrected chi connectivity index (χ3v) is 5.57. The van der Waals surface area contributed by atoms with E-state index in [0.717, 1.165) is 24.6 Å². The Morgan fingerprint density at radius 3 is 2.78 bits per heavy atom. The van der Waals surface area contributed by atoms with Crippen LogP contribution >= 0.6 is 11.3 Å². The van der Waals surface area contributed by atoms with Gasteiger partial charge in [-0.15, -0.1) is 11.3 Å². The standard InChI is InChI=1S/C19H25NO2S/c1-21-16-9-10-18(22-2)15(13-16)14-20-11-5-3-4-7-17(20)19-8-6-12-23-19/h6,8-10,12-13,17H,3-5,7,11,14H2,1-2H3/t17-/m0/s1. The highest BCUT2D eigenvalue weighted by Gasteiger charge is 2.24. The van der Waals surface area contributed by atoms with Gasteiger partial charge in [0.1, 0.15) is 11.5 Å². The monoisotopic (exact) mass is 331 g/mol. The van der Waals surface area contributed by atoms with Gasteiger partial charge in [-0.2, -0.15) is 0 Å². The van der Waals surface area contributed by atoms with E-state index in [1.54, 1.807) is 14.2 Å². The van der Waals surface area contributed by atoms with E-state index in [1.165, 1.54) is 36.1 Å². The Morgan fingerprint density at radius 1 is 1.13 bits per heavy atom. The summed E-state index contributed by atoms with van der Waals surface area (Å²) in [5.74, 6) is 1.84. The van der Waals surface area contributed by atoms with Crippen LogP contribution in [0, 0.1) is 0 Å². The largest absolute Gasteiger partial charge is 0.497 e. The fraction of sp³-hybridized carbons (Fsp3) is 0.474. The fourth-order valence-corrected chi connectivity index (χ4v) is 4.28. The Morgan fingerprint density at radius 2 is 2.04 bits per heavy atom. The van der Waals surface area contributed by atoms with Crippen molar-refractivity contribution in [3.05, 3.63) is 46.2 Å². The lowest BCUT2D eigenvalue weighted by atomic mass is 10.1.